The summed E-state index contributed by atoms with van der Waals surface area (Å²) in [5.74, 6) is -0.0951. The third-order valence-corrected chi connectivity index (χ3v) is 4.82. The number of benzene rings is 1. The van der Waals surface area contributed by atoms with E-state index < -0.39 is 10.0 Å². The molecule has 22 heavy (non-hydrogen) atoms. The highest BCUT2D eigenvalue weighted by atomic mass is 35.5. The Hall–Kier alpha value is -1.35. The van der Waals surface area contributed by atoms with E-state index >= 15 is 0 Å². The zero-order valence-corrected chi connectivity index (χ0v) is 14.0. The third kappa shape index (κ3) is 4.10. The van der Waals surface area contributed by atoms with Crippen molar-refractivity contribution in [2.75, 3.05) is 27.2 Å². The number of sulfonamides is 1. The molecular weight excluding hydrogens is 330 g/mol. The van der Waals surface area contributed by atoms with Gasteiger partial charge in [-0.05, 0) is 38.2 Å². The van der Waals surface area contributed by atoms with Crippen LogP contribution in [0.15, 0.2) is 23.1 Å². The minimum absolute atomic E-state index is 0. The van der Waals surface area contributed by atoms with Crippen LogP contribution in [0.5, 0.6) is 5.75 Å². The van der Waals surface area contributed by atoms with Gasteiger partial charge in [0.25, 0.3) is 5.91 Å². The van der Waals surface area contributed by atoms with Crippen molar-refractivity contribution in [1.82, 2.24) is 15.4 Å². The van der Waals surface area contributed by atoms with E-state index in [2.05, 4.69) is 15.4 Å². The minimum Gasteiger partial charge on any atom is -0.495 e. The van der Waals surface area contributed by atoms with Gasteiger partial charge in [0.05, 0.1) is 7.11 Å². The lowest BCUT2D eigenvalue weighted by molar-refractivity contribution is 0.0940. The SMILES string of the molecule is CNS(=O)(=O)c1cc(C(=O)NC2CCNC2)ccc1OC.Cl. The molecule has 0 aromatic heterocycles. The van der Waals surface area contributed by atoms with Crippen LogP contribution < -0.4 is 20.1 Å². The van der Waals surface area contributed by atoms with E-state index in [0.717, 1.165) is 19.5 Å². The first-order valence-corrected chi connectivity index (χ1v) is 8.09. The van der Waals surface area contributed by atoms with Crippen molar-refractivity contribution >= 4 is 28.3 Å². The lowest BCUT2D eigenvalue weighted by atomic mass is 10.2. The van der Waals surface area contributed by atoms with Crippen LogP contribution in [0.25, 0.3) is 0 Å². The maximum atomic E-state index is 12.2. The van der Waals surface area contributed by atoms with E-state index in [4.69, 9.17) is 4.74 Å². The number of nitrogens with one attached hydrogen (secondary N) is 3. The van der Waals surface area contributed by atoms with Crippen LogP contribution in [0, 0.1) is 0 Å². The maximum Gasteiger partial charge on any atom is 0.251 e. The van der Waals surface area contributed by atoms with Crippen LogP contribution in [0.1, 0.15) is 16.8 Å². The fourth-order valence-corrected chi connectivity index (χ4v) is 3.10. The first-order chi connectivity index (χ1) is 9.97. The molecule has 1 fully saturated rings. The van der Waals surface area contributed by atoms with Gasteiger partial charge in [-0.2, -0.15) is 0 Å². The topological polar surface area (TPSA) is 96.5 Å². The monoisotopic (exact) mass is 349 g/mol. The lowest BCUT2D eigenvalue weighted by Gasteiger charge is -2.13. The first-order valence-electron chi connectivity index (χ1n) is 6.61. The third-order valence-electron chi connectivity index (χ3n) is 3.38. The largest absolute Gasteiger partial charge is 0.495 e. The zero-order valence-electron chi connectivity index (χ0n) is 12.4. The van der Waals surface area contributed by atoms with Gasteiger partial charge in [0.15, 0.2) is 0 Å². The number of hydrogen-bond donors (Lipinski definition) is 3. The predicted molar refractivity (Wildman–Crippen MR) is 85.2 cm³/mol. The van der Waals surface area contributed by atoms with E-state index in [1.54, 1.807) is 6.07 Å². The number of hydrogen-bond acceptors (Lipinski definition) is 5. The van der Waals surface area contributed by atoms with Crippen LogP contribution in [-0.2, 0) is 10.0 Å². The molecule has 7 nitrogen and oxygen atoms in total. The summed E-state index contributed by atoms with van der Waals surface area (Å²) in [5, 5.41) is 6.02. The highest BCUT2D eigenvalue weighted by Crippen LogP contribution is 2.24. The van der Waals surface area contributed by atoms with Crippen molar-refractivity contribution in [3.63, 3.8) is 0 Å². The van der Waals surface area contributed by atoms with Gasteiger partial charge in [-0.15, -0.1) is 12.4 Å². The zero-order chi connectivity index (χ0) is 15.5. The molecule has 0 saturated carbocycles. The molecular formula is C13H20ClN3O4S. The predicted octanol–water partition coefficient (Wildman–Crippen LogP) is 0.117. The highest BCUT2D eigenvalue weighted by Gasteiger charge is 2.22. The van der Waals surface area contributed by atoms with Gasteiger partial charge in [0.1, 0.15) is 10.6 Å². The second kappa shape index (κ2) is 7.77. The van der Waals surface area contributed by atoms with Gasteiger partial charge in [-0.3, -0.25) is 4.79 Å². The average Bonchev–Trinajstić information content (AvgIpc) is 2.99. The Bertz CT molecular complexity index is 630. The van der Waals surface area contributed by atoms with Gasteiger partial charge in [0, 0.05) is 18.2 Å². The molecule has 9 heteroatoms. The highest BCUT2D eigenvalue weighted by molar-refractivity contribution is 7.89. The fraction of sp³-hybridized carbons (Fsp3) is 0.462. The van der Waals surface area contributed by atoms with Crippen molar-refractivity contribution in [3.8, 4) is 5.75 Å². The van der Waals surface area contributed by atoms with Crippen molar-refractivity contribution in [1.29, 1.82) is 0 Å². The molecule has 1 aliphatic rings. The summed E-state index contributed by atoms with van der Waals surface area (Å²) in [6.45, 7) is 1.59. The molecule has 0 aliphatic carbocycles. The molecule has 1 heterocycles. The number of ether oxygens (including phenoxy) is 1. The van der Waals surface area contributed by atoms with E-state index in [1.807, 2.05) is 0 Å². The second-order valence-electron chi connectivity index (χ2n) is 4.74. The second-order valence-corrected chi connectivity index (χ2v) is 6.59. The summed E-state index contributed by atoms with van der Waals surface area (Å²) in [6.07, 6.45) is 0.865. The van der Waals surface area contributed by atoms with Crippen LogP contribution in [0.3, 0.4) is 0 Å². The molecule has 1 atom stereocenters. The van der Waals surface area contributed by atoms with Crippen LogP contribution in [-0.4, -0.2) is 47.6 Å². The summed E-state index contributed by atoms with van der Waals surface area (Å²) in [6, 6.07) is 4.42. The normalized spacial score (nSPS) is 17.6. The molecule has 1 amide bonds. The van der Waals surface area contributed by atoms with Crippen LogP contribution >= 0.6 is 12.4 Å². The van der Waals surface area contributed by atoms with Gasteiger partial charge >= 0.3 is 0 Å². The number of carbonyl (C=O) groups excluding carboxylic acids is 1. The molecule has 1 aliphatic heterocycles. The number of amides is 1. The molecule has 3 N–H and O–H groups in total. The standard InChI is InChI=1S/C13H19N3O4S.ClH/c1-14-21(18,19)12-7-9(3-4-11(12)20-2)13(17)16-10-5-6-15-8-10;/h3-4,7,10,14-15H,5-6,8H2,1-2H3,(H,16,17);1H. The molecule has 124 valence electrons. The minimum atomic E-state index is -3.69. The fourth-order valence-electron chi connectivity index (χ4n) is 2.18. The molecule has 1 aromatic carbocycles. The summed E-state index contributed by atoms with van der Waals surface area (Å²) < 4.78 is 31.2. The Kier molecular flexibility index (Phi) is 6.61. The Morgan fingerprint density at radius 1 is 1.41 bits per heavy atom. The molecule has 2 rings (SSSR count). The Balaban J connectivity index is 0.00000242. The van der Waals surface area contributed by atoms with Crippen molar-refractivity contribution < 1.29 is 17.9 Å². The lowest BCUT2D eigenvalue weighted by Crippen LogP contribution is -2.36. The summed E-state index contributed by atoms with van der Waals surface area (Å²) in [4.78, 5) is 12.1. The van der Waals surface area contributed by atoms with Gasteiger partial charge in [0.2, 0.25) is 10.0 Å². The molecule has 0 bridgehead atoms. The maximum absolute atomic E-state index is 12.2. The Labute approximate surface area is 136 Å². The van der Waals surface area contributed by atoms with Crippen molar-refractivity contribution in [2.24, 2.45) is 0 Å². The Morgan fingerprint density at radius 2 is 2.14 bits per heavy atom. The number of halogens is 1. The van der Waals surface area contributed by atoms with Crippen molar-refractivity contribution in [3.05, 3.63) is 23.8 Å². The van der Waals surface area contributed by atoms with Gasteiger partial charge in [-0.1, -0.05) is 0 Å². The summed E-state index contributed by atoms with van der Waals surface area (Å²) in [5.41, 5.74) is 0.288. The van der Waals surface area contributed by atoms with Crippen LogP contribution in [0.2, 0.25) is 0 Å². The quantitative estimate of drug-likeness (QED) is 0.701. The number of methoxy groups -OCH3 is 1. The summed E-state index contributed by atoms with van der Waals surface area (Å²) in [7, 11) is -0.997. The Morgan fingerprint density at radius 3 is 2.68 bits per heavy atom. The van der Waals surface area contributed by atoms with Crippen LogP contribution in [0.4, 0.5) is 0 Å². The van der Waals surface area contributed by atoms with E-state index in [0.29, 0.717) is 0 Å². The molecule has 1 aromatic rings. The molecule has 0 radical (unpaired) electrons. The molecule has 1 unspecified atom stereocenters. The number of carbonyl (C=O) groups is 1. The van der Waals surface area contributed by atoms with E-state index in [1.165, 1.54) is 26.3 Å². The average molecular weight is 350 g/mol. The van der Waals surface area contributed by atoms with E-state index in [-0.39, 0.29) is 40.6 Å². The van der Waals surface area contributed by atoms with Crippen molar-refractivity contribution in [2.45, 2.75) is 17.4 Å². The number of rotatable bonds is 5. The first kappa shape index (κ1) is 18.7. The van der Waals surface area contributed by atoms with E-state index in [9.17, 15) is 13.2 Å². The summed E-state index contributed by atoms with van der Waals surface area (Å²) >= 11 is 0. The molecule has 1 saturated heterocycles. The van der Waals surface area contributed by atoms with Gasteiger partial charge < -0.3 is 15.4 Å². The smallest absolute Gasteiger partial charge is 0.251 e. The molecule has 0 spiro atoms. The van der Waals surface area contributed by atoms with Gasteiger partial charge in [-0.25, -0.2) is 13.1 Å².